The minimum atomic E-state index is 0. The summed E-state index contributed by atoms with van der Waals surface area (Å²) in [6, 6.07) is 0. The van der Waals surface area contributed by atoms with E-state index in [1.54, 1.807) is 0 Å². The van der Waals surface area contributed by atoms with E-state index in [2.05, 4.69) is 33.7 Å². The number of nitrogens with one attached hydrogen (secondary N) is 2. The molecule has 1 fully saturated rings. The molecule has 2 N–H and O–H groups in total. The lowest BCUT2D eigenvalue weighted by Gasteiger charge is -2.21. The zero-order valence-electron chi connectivity index (χ0n) is 12.4. The summed E-state index contributed by atoms with van der Waals surface area (Å²) in [6.45, 7) is 8.04. The second-order valence-corrected chi connectivity index (χ2v) is 5.97. The molecule has 0 aromatic heterocycles. The minimum Gasteiger partial charge on any atom is -0.356 e. The van der Waals surface area contributed by atoms with Gasteiger partial charge in [0.05, 0.1) is 0 Å². The Bertz CT molecular complexity index is 245. The van der Waals surface area contributed by atoms with Gasteiger partial charge in [-0.1, -0.05) is 6.92 Å². The van der Waals surface area contributed by atoms with E-state index in [9.17, 15) is 0 Å². The summed E-state index contributed by atoms with van der Waals surface area (Å²) >= 11 is 1.85. The van der Waals surface area contributed by atoms with Crippen LogP contribution in [-0.2, 0) is 0 Å². The molecule has 4 nitrogen and oxygen atoms in total. The van der Waals surface area contributed by atoms with Crippen molar-refractivity contribution in [3.05, 3.63) is 0 Å². The Morgan fingerprint density at radius 3 is 2.58 bits per heavy atom. The molecule has 114 valence electrons. The monoisotopic (exact) mass is 400 g/mol. The van der Waals surface area contributed by atoms with Crippen LogP contribution in [0.4, 0.5) is 0 Å². The van der Waals surface area contributed by atoms with Gasteiger partial charge in [0.25, 0.3) is 0 Å². The second-order valence-electron chi connectivity index (χ2n) is 4.99. The average molecular weight is 400 g/mol. The van der Waals surface area contributed by atoms with Crippen LogP contribution in [0.3, 0.4) is 0 Å². The molecular formula is C13H29IN4S. The summed E-state index contributed by atoms with van der Waals surface area (Å²) in [4.78, 5) is 6.80. The van der Waals surface area contributed by atoms with Crippen LogP contribution in [0.5, 0.6) is 0 Å². The SMILES string of the molecule is CN=C(NCCSC)NCC(C)CN1CCCC1.I. The number of halogens is 1. The van der Waals surface area contributed by atoms with Crippen molar-refractivity contribution in [2.45, 2.75) is 19.8 Å². The van der Waals surface area contributed by atoms with Gasteiger partial charge in [0.15, 0.2) is 5.96 Å². The zero-order chi connectivity index (χ0) is 13.2. The van der Waals surface area contributed by atoms with Crippen LogP contribution < -0.4 is 10.6 Å². The maximum atomic E-state index is 4.24. The quantitative estimate of drug-likeness (QED) is 0.296. The third-order valence-electron chi connectivity index (χ3n) is 3.21. The molecule has 19 heavy (non-hydrogen) atoms. The molecule has 1 unspecified atom stereocenters. The first-order chi connectivity index (χ1) is 8.76. The first kappa shape index (κ1) is 19.3. The third-order valence-corrected chi connectivity index (χ3v) is 3.82. The van der Waals surface area contributed by atoms with Crippen LogP contribution in [0.15, 0.2) is 4.99 Å². The van der Waals surface area contributed by atoms with E-state index in [0.717, 1.165) is 24.8 Å². The minimum absolute atomic E-state index is 0. The Kier molecular flexibility index (Phi) is 12.3. The summed E-state index contributed by atoms with van der Waals surface area (Å²) in [5.74, 6) is 2.71. The van der Waals surface area contributed by atoms with Gasteiger partial charge in [0.2, 0.25) is 0 Å². The molecule has 0 aromatic rings. The highest BCUT2D eigenvalue weighted by atomic mass is 127. The number of guanidine groups is 1. The molecule has 1 saturated heterocycles. The topological polar surface area (TPSA) is 39.7 Å². The van der Waals surface area contributed by atoms with E-state index >= 15 is 0 Å². The summed E-state index contributed by atoms with van der Waals surface area (Å²) in [7, 11) is 1.83. The van der Waals surface area contributed by atoms with Gasteiger partial charge in [-0.05, 0) is 38.1 Å². The number of hydrogen-bond acceptors (Lipinski definition) is 3. The van der Waals surface area contributed by atoms with Gasteiger partial charge in [0, 0.05) is 32.4 Å². The number of rotatable bonds is 7. The van der Waals surface area contributed by atoms with Crippen molar-refractivity contribution in [2.75, 3.05) is 51.8 Å². The van der Waals surface area contributed by atoms with Crippen molar-refractivity contribution in [3.63, 3.8) is 0 Å². The molecule has 0 aromatic carbocycles. The van der Waals surface area contributed by atoms with Gasteiger partial charge in [-0.2, -0.15) is 11.8 Å². The van der Waals surface area contributed by atoms with Crippen LogP contribution in [0.1, 0.15) is 19.8 Å². The van der Waals surface area contributed by atoms with Crippen molar-refractivity contribution in [1.29, 1.82) is 0 Å². The fourth-order valence-electron chi connectivity index (χ4n) is 2.23. The van der Waals surface area contributed by atoms with Crippen molar-refractivity contribution >= 4 is 41.7 Å². The van der Waals surface area contributed by atoms with E-state index in [1.165, 1.54) is 32.5 Å². The van der Waals surface area contributed by atoms with Crippen molar-refractivity contribution in [3.8, 4) is 0 Å². The van der Waals surface area contributed by atoms with Crippen LogP contribution in [0, 0.1) is 5.92 Å². The van der Waals surface area contributed by atoms with Crippen LogP contribution in [0.25, 0.3) is 0 Å². The fourth-order valence-corrected chi connectivity index (χ4v) is 2.54. The molecule has 0 amide bonds. The van der Waals surface area contributed by atoms with E-state index in [0.29, 0.717) is 5.92 Å². The van der Waals surface area contributed by atoms with Gasteiger partial charge in [-0.15, -0.1) is 24.0 Å². The van der Waals surface area contributed by atoms with Crippen LogP contribution in [0.2, 0.25) is 0 Å². The summed E-state index contributed by atoms with van der Waals surface area (Å²) in [6.07, 6.45) is 4.87. The van der Waals surface area contributed by atoms with Gasteiger partial charge < -0.3 is 15.5 Å². The molecule has 1 atom stereocenters. The van der Waals surface area contributed by atoms with E-state index in [1.807, 2.05) is 18.8 Å². The lowest BCUT2D eigenvalue weighted by atomic mass is 10.1. The Morgan fingerprint density at radius 2 is 2.00 bits per heavy atom. The Morgan fingerprint density at radius 1 is 1.32 bits per heavy atom. The molecule has 1 aliphatic heterocycles. The van der Waals surface area contributed by atoms with Crippen molar-refractivity contribution in [1.82, 2.24) is 15.5 Å². The lowest BCUT2D eigenvalue weighted by Crippen LogP contribution is -2.42. The summed E-state index contributed by atoms with van der Waals surface area (Å²) in [5, 5.41) is 6.73. The molecule has 6 heteroatoms. The second kappa shape index (κ2) is 12.1. The van der Waals surface area contributed by atoms with Crippen LogP contribution in [-0.4, -0.2) is 62.6 Å². The number of thioether (sulfide) groups is 1. The maximum Gasteiger partial charge on any atom is 0.191 e. The lowest BCUT2D eigenvalue weighted by molar-refractivity contribution is 0.287. The Labute approximate surface area is 139 Å². The molecule has 0 bridgehead atoms. The van der Waals surface area contributed by atoms with Crippen molar-refractivity contribution in [2.24, 2.45) is 10.9 Å². The predicted molar refractivity (Wildman–Crippen MR) is 98.0 cm³/mol. The molecule has 0 spiro atoms. The van der Waals surface area contributed by atoms with Gasteiger partial charge in [-0.3, -0.25) is 4.99 Å². The molecular weight excluding hydrogens is 371 g/mol. The number of hydrogen-bond donors (Lipinski definition) is 2. The molecule has 0 aliphatic carbocycles. The number of likely N-dealkylation sites (tertiary alicyclic amines) is 1. The molecule has 0 radical (unpaired) electrons. The highest BCUT2D eigenvalue weighted by Gasteiger charge is 2.14. The highest BCUT2D eigenvalue weighted by molar-refractivity contribution is 14.0. The fraction of sp³-hybridized carbons (Fsp3) is 0.923. The Balaban J connectivity index is 0.00000324. The molecule has 0 saturated carbocycles. The van der Waals surface area contributed by atoms with E-state index in [4.69, 9.17) is 0 Å². The normalized spacial score (nSPS) is 17.9. The third kappa shape index (κ3) is 8.96. The van der Waals surface area contributed by atoms with E-state index in [-0.39, 0.29) is 24.0 Å². The highest BCUT2D eigenvalue weighted by Crippen LogP contribution is 2.09. The Hall–Kier alpha value is 0.310. The van der Waals surface area contributed by atoms with Crippen LogP contribution >= 0.6 is 35.7 Å². The molecule has 1 rings (SSSR count). The van der Waals surface area contributed by atoms with Gasteiger partial charge >= 0.3 is 0 Å². The number of aliphatic imine (C=N–C) groups is 1. The largest absolute Gasteiger partial charge is 0.356 e. The first-order valence-electron chi connectivity index (χ1n) is 6.92. The summed E-state index contributed by atoms with van der Waals surface area (Å²) < 4.78 is 0. The van der Waals surface area contributed by atoms with E-state index < -0.39 is 0 Å². The predicted octanol–water partition coefficient (Wildman–Crippen LogP) is 1.86. The van der Waals surface area contributed by atoms with Crippen molar-refractivity contribution < 1.29 is 0 Å². The smallest absolute Gasteiger partial charge is 0.191 e. The first-order valence-corrected chi connectivity index (χ1v) is 8.31. The average Bonchev–Trinajstić information content (AvgIpc) is 2.86. The molecule has 1 aliphatic rings. The number of nitrogens with zero attached hydrogens (tertiary/aromatic N) is 2. The standard InChI is InChI=1S/C13H28N4S.HI/c1-12(11-17-7-4-5-8-17)10-16-13(14-2)15-6-9-18-3;/h12H,4-11H2,1-3H3,(H2,14,15,16);1H. The van der Waals surface area contributed by atoms with Gasteiger partial charge in [-0.25, -0.2) is 0 Å². The zero-order valence-corrected chi connectivity index (χ0v) is 15.6. The molecule has 1 heterocycles. The summed E-state index contributed by atoms with van der Waals surface area (Å²) in [5.41, 5.74) is 0. The maximum absolute atomic E-state index is 4.24. The van der Waals surface area contributed by atoms with Gasteiger partial charge in [0.1, 0.15) is 0 Å².